The van der Waals surface area contributed by atoms with Crippen LogP contribution in [0.4, 0.5) is 0 Å². The van der Waals surface area contributed by atoms with Crippen LogP contribution < -0.4 is 5.32 Å². The van der Waals surface area contributed by atoms with Crippen molar-refractivity contribution in [3.05, 3.63) is 35.4 Å². The molecule has 0 saturated heterocycles. The Morgan fingerprint density at radius 2 is 1.95 bits per heavy atom. The van der Waals surface area contributed by atoms with Gasteiger partial charge in [0.15, 0.2) is 0 Å². The predicted molar refractivity (Wildman–Crippen MR) is 86.9 cm³/mol. The second-order valence-electron chi connectivity index (χ2n) is 6.64. The summed E-state index contributed by atoms with van der Waals surface area (Å²) in [6, 6.07) is 9.58. The van der Waals surface area contributed by atoms with Crippen molar-refractivity contribution in [2.24, 2.45) is 5.92 Å². The smallest absolute Gasteiger partial charge is 0.0231 e. The first-order chi connectivity index (χ1) is 9.63. The Kier molecular flexibility index (Phi) is 6.06. The molecule has 0 aromatic heterocycles. The molecule has 1 N–H and O–H groups in total. The highest BCUT2D eigenvalue weighted by Crippen LogP contribution is 2.23. The molecule has 2 rings (SSSR count). The highest BCUT2D eigenvalue weighted by molar-refractivity contribution is 5.21. The Labute approximate surface area is 124 Å². The lowest BCUT2D eigenvalue weighted by atomic mass is 9.87. The van der Waals surface area contributed by atoms with Crippen LogP contribution in [0.5, 0.6) is 0 Å². The van der Waals surface area contributed by atoms with Crippen molar-refractivity contribution >= 4 is 0 Å². The van der Waals surface area contributed by atoms with Gasteiger partial charge in [0.2, 0.25) is 0 Å². The molecule has 0 amide bonds. The van der Waals surface area contributed by atoms with E-state index in [1.54, 1.807) is 0 Å². The minimum atomic E-state index is 0.763. The van der Waals surface area contributed by atoms with Gasteiger partial charge in [-0.2, -0.15) is 0 Å². The Morgan fingerprint density at radius 3 is 2.65 bits per heavy atom. The lowest BCUT2D eigenvalue weighted by molar-refractivity contribution is 0.279. The van der Waals surface area contributed by atoms with E-state index >= 15 is 0 Å². The van der Waals surface area contributed by atoms with E-state index in [1.165, 1.54) is 36.8 Å². The summed E-state index contributed by atoms with van der Waals surface area (Å²) in [5.74, 6) is 0.942. The van der Waals surface area contributed by atoms with Crippen molar-refractivity contribution in [3.63, 3.8) is 0 Å². The quantitative estimate of drug-likeness (QED) is 0.853. The Bertz CT molecular complexity index is 394. The van der Waals surface area contributed by atoms with Crippen LogP contribution in [0.15, 0.2) is 24.3 Å². The van der Waals surface area contributed by atoms with E-state index in [1.807, 2.05) is 0 Å². The molecule has 2 heteroatoms. The summed E-state index contributed by atoms with van der Waals surface area (Å²) in [5.41, 5.74) is 2.77. The average molecular weight is 274 g/mol. The highest BCUT2D eigenvalue weighted by Gasteiger charge is 2.17. The van der Waals surface area contributed by atoms with E-state index in [-0.39, 0.29) is 0 Å². The first kappa shape index (κ1) is 15.5. The molecule has 0 heterocycles. The second kappa shape index (κ2) is 7.80. The summed E-state index contributed by atoms with van der Waals surface area (Å²) in [7, 11) is 2.22. The molecule has 1 fully saturated rings. The van der Waals surface area contributed by atoms with Gasteiger partial charge in [-0.25, -0.2) is 0 Å². The molecule has 1 aliphatic carbocycles. The topological polar surface area (TPSA) is 15.3 Å². The Balaban J connectivity index is 1.64. The molecule has 0 aliphatic heterocycles. The zero-order valence-corrected chi connectivity index (χ0v) is 13.4. The number of rotatable bonds is 6. The van der Waals surface area contributed by atoms with Gasteiger partial charge >= 0.3 is 0 Å². The fourth-order valence-electron chi connectivity index (χ4n) is 3.12. The fourth-order valence-corrected chi connectivity index (χ4v) is 3.12. The zero-order chi connectivity index (χ0) is 14.4. The van der Waals surface area contributed by atoms with E-state index in [2.05, 4.69) is 55.4 Å². The van der Waals surface area contributed by atoms with Gasteiger partial charge in [0, 0.05) is 25.7 Å². The maximum atomic E-state index is 3.73. The second-order valence-corrected chi connectivity index (χ2v) is 6.64. The molecule has 0 bridgehead atoms. The van der Waals surface area contributed by atoms with Crippen LogP contribution in [0, 0.1) is 12.8 Å². The van der Waals surface area contributed by atoms with E-state index in [0.717, 1.165) is 31.6 Å². The number of likely N-dealkylation sites (N-methyl/N-ethyl adjacent to an activating group) is 1. The Morgan fingerprint density at radius 1 is 1.20 bits per heavy atom. The van der Waals surface area contributed by atoms with Crippen LogP contribution in [0.1, 0.15) is 43.7 Å². The normalized spacial score (nSPS) is 23.2. The minimum Gasteiger partial charge on any atom is -0.313 e. The van der Waals surface area contributed by atoms with Crippen molar-refractivity contribution in [1.82, 2.24) is 10.2 Å². The van der Waals surface area contributed by atoms with E-state index in [0.29, 0.717) is 0 Å². The minimum absolute atomic E-state index is 0.763. The molecule has 1 aliphatic rings. The third-order valence-corrected chi connectivity index (χ3v) is 4.48. The molecule has 112 valence electrons. The maximum absolute atomic E-state index is 3.73. The largest absolute Gasteiger partial charge is 0.313 e. The molecule has 2 nitrogen and oxygen atoms in total. The molecule has 0 atom stereocenters. The number of nitrogens with zero attached hydrogens (tertiary/aromatic N) is 1. The summed E-state index contributed by atoms with van der Waals surface area (Å²) < 4.78 is 0. The third kappa shape index (κ3) is 5.26. The lowest BCUT2D eigenvalue weighted by Gasteiger charge is -2.28. The fraction of sp³-hybridized carbons (Fsp3) is 0.667. The molecular formula is C18H30N2. The van der Waals surface area contributed by atoms with Gasteiger partial charge in [-0.1, -0.05) is 36.8 Å². The van der Waals surface area contributed by atoms with E-state index in [4.69, 9.17) is 0 Å². The molecule has 0 unspecified atom stereocenters. The molecule has 0 radical (unpaired) electrons. The van der Waals surface area contributed by atoms with Crippen molar-refractivity contribution in [2.75, 3.05) is 20.1 Å². The first-order valence-corrected chi connectivity index (χ1v) is 8.11. The number of hydrogen-bond acceptors (Lipinski definition) is 2. The van der Waals surface area contributed by atoms with Gasteiger partial charge in [-0.3, -0.25) is 0 Å². The highest BCUT2D eigenvalue weighted by atomic mass is 15.1. The van der Waals surface area contributed by atoms with Crippen LogP contribution in [0.25, 0.3) is 0 Å². The van der Waals surface area contributed by atoms with Crippen LogP contribution in [-0.4, -0.2) is 31.1 Å². The number of nitrogens with one attached hydrogen (secondary N) is 1. The van der Waals surface area contributed by atoms with Crippen molar-refractivity contribution in [3.8, 4) is 0 Å². The molecule has 20 heavy (non-hydrogen) atoms. The summed E-state index contributed by atoms with van der Waals surface area (Å²) in [6.45, 7) is 7.83. The van der Waals surface area contributed by atoms with Crippen LogP contribution in [0.3, 0.4) is 0 Å². The van der Waals surface area contributed by atoms with Crippen molar-refractivity contribution in [2.45, 2.75) is 52.1 Å². The molecule has 0 spiro atoms. The summed E-state index contributed by atoms with van der Waals surface area (Å²) >= 11 is 0. The van der Waals surface area contributed by atoms with Gasteiger partial charge in [0.25, 0.3) is 0 Å². The number of benzene rings is 1. The van der Waals surface area contributed by atoms with Gasteiger partial charge in [-0.15, -0.1) is 0 Å². The van der Waals surface area contributed by atoms with Crippen LogP contribution in [0.2, 0.25) is 0 Å². The van der Waals surface area contributed by atoms with Gasteiger partial charge in [0.05, 0.1) is 0 Å². The predicted octanol–water partition coefficient (Wildman–Crippen LogP) is 3.60. The number of aryl methyl sites for hydroxylation is 1. The molecule has 1 saturated carbocycles. The SMILES string of the molecule is Cc1cccc(CN(C)CCNC2CCC(C)CC2)c1. The van der Waals surface area contributed by atoms with Crippen LogP contribution in [-0.2, 0) is 6.54 Å². The monoisotopic (exact) mass is 274 g/mol. The van der Waals surface area contributed by atoms with E-state index < -0.39 is 0 Å². The summed E-state index contributed by atoms with van der Waals surface area (Å²) in [5, 5.41) is 3.73. The summed E-state index contributed by atoms with van der Waals surface area (Å²) in [4.78, 5) is 2.41. The van der Waals surface area contributed by atoms with E-state index in [9.17, 15) is 0 Å². The molecule has 1 aromatic carbocycles. The zero-order valence-electron chi connectivity index (χ0n) is 13.4. The molecule has 1 aromatic rings. The lowest BCUT2D eigenvalue weighted by Crippen LogP contribution is -2.37. The molecular weight excluding hydrogens is 244 g/mol. The average Bonchev–Trinajstić information content (AvgIpc) is 2.41. The van der Waals surface area contributed by atoms with Gasteiger partial charge in [-0.05, 0) is 51.1 Å². The van der Waals surface area contributed by atoms with Gasteiger partial charge in [0.1, 0.15) is 0 Å². The van der Waals surface area contributed by atoms with Gasteiger partial charge < -0.3 is 10.2 Å². The maximum Gasteiger partial charge on any atom is 0.0231 e. The van der Waals surface area contributed by atoms with Crippen molar-refractivity contribution < 1.29 is 0 Å². The third-order valence-electron chi connectivity index (χ3n) is 4.48. The Hall–Kier alpha value is -0.860. The van der Waals surface area contributed by atoms with Crippen LogP contribution >= 0.6 is 0 Å². The standard InChI is InChI=1S/C18H30N2/c1-15-7-9-18(10-8-15)19-11-12-20(3)14-17-6-4-5-16(2)13-17/h4-6,13,15,18-19H,7-12,14H2,1-3H3. The number of hydrogen-bond donors (Lipinski definition) is 1. The van der Waals surface area contributed by atoms with Crippen molar-refractivity contribution in [1.29, 1.82) is 0 Å². The first-order valence-electron chi connectivity index (χ1n) is 8.11. The summed E-state index contributed by atoms with van der Waals surface area (Å²) in [6.07, 6.45) is 5.53.